The van der Waals surface area contributed by atoms with Crippen molar-refractivity contribution in [3.63, 3.8) is 0 Å². The molecule has 3 aromatic carbocycles. The molecule has 0 aliphatic heterocycles. The van der Waals surface area contributed by atoms with E-state index in [9.17, 15) is 14.0 Å². The van der Waals surface area contributed by atoms with Crippen LogP contribution in [0, 0.1) is 26.6 Å². The SMILES string of the molecule is Cc1ccc(C)n1-c1ccc(OCc2ccc(C(=O)N/N=C/c3c(C)n(CC(=O)Nc4cccc(F)c4)c4ccccc34)o2)cc1. The van der Waals surface area contributed by atoms with Crippen LogP contribution in [0.15, 0.2) is 107 Å². The van der Waals surface area contributed by atoms with Crippen LogP contribution in [0.4, 0.5) is 10.1 Å². The minimum absolute atomic E-state index is 0.0108. The minimum Gasteiger partial charge on any atom is -0.486 e. The molecule has 0 unspecified atom stereocenters. The Kier molecular flexibility index (Phi) is 8.51. The molecule has 6 aromatic rings. The number of benzene rings is 3. The highest BCUT2D eigenvalue weighted by Gasteiger charge is 2.16. The van der Waals surface area contributed by atoms with Gasteiger partial charge in [0.2, 0.25) is 5.91 Å². The van der Waals surface area contributed by atoms with Crippen LogP contribution in [0.5, 0.6) is 5.75 Å². The predicted octanol–water partition coefficient (Wildman–Crippen LogP) is 7.07. The summed E-state index contributed by atoms with van der Waals surface area (Å²) >= 11 is 0. The maximum atomic E-state index is 13.6. The van der Waals surface area contributed by atoms with Crippen molar-refractivity contribution in [2.45, 2.75) is 33.9 Å². The van der Waals surface area contributed by atoms with Gasteiger partial charge in [-0.25, -0.2) is 9.82 Å². The third-order valence-corrected chi connectivity index (χ3v) is 7.68. The third-order valence-electron chi connectivity index (χ3n) is 7.68. The first kappa shape index (κ1) is 30.1. The first-order valence-corrected chi connectivity index (χ1v) is 14.7. The number of rotatable bonds is 10. The third kappa shape index (κ3) is 6.46. The van der Waals surface area contributed by atoms with Gasteiger partial charge < -0.3 is 23.6 Å². The fourth-order valence-corrected chi connectivity index (χ4v) is 5.44. The highest BCUT2D eigenvalue weighted by molar-refractivity contribution is 6.02. The second-order valence-corrected chi connectivity index (χ2v) is 10.9. The molecule has 6 rings (SSSR count). The Morgan fingerprint density at radius 2 is 1.67 bits per heavy atom. The number of carbonyl (C=O) groups is 2. The van der Waals surface area contributed by atoms with Gasteiger partial charge in [0.25, 0.3) is 0 Å². The summed E-state index contributed by atoms with van der Waals surface area (Å²) in [5.41, 5.74) is 8.60. The van der Waals surface area contributed by atoms with E-state index in [1.807, 2.05) is 60.0 Å². The Labute approximate surface area is 264 Å². The first-order valence-electron chi connectivity index (χ1n) is 14.7. The first-order chi connectivity index (χ1) is 22.3. The molecule has 3 heterocycles. The maximum absolute atomic E-state index is 13.6. The number of aryl methyl sites for hydroxylation is 2. The number of amides is 2. The zero-order valence-electron chi connectivity index (χ0n) is 25.6. The average Bonchev–Trinajstić information content (AvgIpc) is 3.73. The summed E-state index contributed by atoms with van der Waals surface area (Å²) in [5.74, 6) is 0.0193. The van der Waals surface area contributed by atoms with Crippen molar-refractivity contribution in [2.24, 2.45) is 5.10 Å². The van der Waals surface area contributed by atoms with Crippen molar-refractivity contribution in [3.05, 3.63) is 137 Å². The molecule has 0 aliphatic carbocycles. The predicted molar refractivity (Wildman–Crippen MR) is 175 cm³/mol. The molecular formula is C36H32FN5O4. The molecule has 0 fully saturated rings. The molecule has 9 nitrogen and oxygen atoms in total. The van der Waals surface area contributed by atoms with Gasteiger partial charge in [-0.05, 0) is 93.6 Å². The largest absolute Gasteiger partial charge is 0.486 e. The number of carbonyl (C=O) groups excluding carboxylic acids is 2. The molecule has 0 saturated heterocycles. The van der Waals surface area contributed by atoms with Crippen LogP contribution in [0.2, 0.25) is 0 Å². The van der Waals surface area contributed by atoms with Crippen molar-refractivity contribution in [1.29, 1.82) is 0 Å². The van der Waals surface area contributed by atoms with E-state index in [-0.39, 0.29) is 24.8 Å². The number of anilines is 1. The van der Waals surface area contributed by atoms with Crippen LogP contribution < -0.4 is 15.5 Å². The van der Waals surface area contributed by atoms with Gasteiger partial charge in [0.05, 0.1) is 6.21 Å². The molecule has 232 valence electrons. The quantitative estimate of drug-likeness (QED) is 0.127. The lowest BCUT2D eigenvalue weighted by atomic mass is 10.1. The van der Waals surface area contributed by atoms with Crippen molar-refractivity contribution < 1.29 is 23.1 Å². The molecule has 2 N–H and O–H groups in total. The zero-order chi connectivity index (χ0) is 32.2. The highest BCUT2D eigenvalue weighted by atomic mass is 19.1. The molecule has 2 amide bonds. The summed E-state index contributed by atoms with van der Waals surface area (Å²) in [6.07, 6.45) is 1.55. The van der Waals surface area contributed by atoms with Gasteiger partial charge in [-0.15, -0.1) is 0 Å². The van der Waals surface area contributed by atoms with Crippen LogP contribution in [0.3, 0.4) is 0 Å². The number of hydrogen-bond donors (Lipinski definition) is 2. The second kappa shape index (κ2) is 13.0. The average molecular weight is 618 g/mol. The Hall–Kier alpha value is -5.90. The second-order valence-electron chi connectivity index (χ2n) is 10.9. The number of nitrogens with one attached hydrogen (secondary N) is 2. The summed E-state index contributed by atoms with van der Waals surface area (Å²) in [5, 5.41) is 7.76. The number of hydrogen-bond acceptors (Lipinski definition) is 5. The van der Waals surface area contributed by atoms with Crippen molar-refractivity contribution in [2.75, 3.05) is 5.32 Å². The van der Waals surface area contributed by atoms with Crippen molar-refractivity contribution in [1.82, 2.24) is 14.6 Å². The Balaban J connectivity index is 1.08. The summed E-state index contributed by atoms with van der Waals surface area (Å²) in [6, 6.07) is 28.5. The molecule has 0 atom stereocenters. The van der Waals surface area contributed by atoms with Gasteiger partial charge >= 0.3 is 5.91 Å². The molecular weight excluding hydrogens is 585 g/mol. The summed E-state index contributed by atoms with van der Waals surface area (Å²) in [4.78, 5) is 25.6. The number of aromatic nitrogens is 2. The van der Waals surface area contributed by atoms with Gasteiger partial charge in [-0.3, -0.25) is 9.59 Å². The lowest BCUT2D eigenvalue weighted by molar-refractivity contribution is -0.116. The molecule has 0 aliphatic rings. The van der Waals surface area contributed by atoms with E-state index in [0.29, 0.717) is 17.2 Å². The number of halogens is 1. The lowest BCUT2D eigenvalue weighted by Gasteiger charge is -2.10. The molecule has 0 bridgehead atoms. The Morgan fingerprint density at radius 3 is 2.43 bits per heavy atom. The summed E-state index contributed by atoms with van der Waals surface area (Å²) < 4.78 is 29.1. The smallest absolute Gasteiger partial charge is 0.307 e. The number of hydrazone groups is 1. The van der Waals surface area contributed by atoms with Gasteiger partial charge in [0.15, 0.2) is 5.76 Å². The van der Waals surface area contributed by atoms with E-state index in [2.05, 4.69) is 46.4 Å². The molecule has 0 radical (unpaired) electrons. The van der Waals surface area contributed by atoms with Gasteiger partial charge in [0, 0.05) is 44.9 Å². The minimum atomic E-state index is -0.514. The number of fused-ring (bicyclic) bond motifs is 1. The maximum Gasteiger partial charge on any atom is 0.307 e. The fraction of sp³-hybridized carbons (Fsp3) is 0.139. The van der Waals surface area contributed by atoms with Crippen LogP contribution >= 0.6 is 0 Å². The van der Waals surface area contributed by atoms with Crippen LogP contribution in [0.25, 0.3) is 16.6 Å². The van der Waals surface area contributed by atoms with Crippen LogP contribution in [0.1, 0.15) is 39.0 Å². The lowest BCUT2D eigenvalue weighted by Crippen LogP contribution is -2.19. The van der Waals surface area contributed by atoms with Gasteiger partial charge in [-0.2, -0.15) is 5.10 Å². The summed E-state index contributed by atoms with van der Waals surface area (Å²) in [7, 11) is 0. The molecule has 3 aromatic heterocycles. The van der Waals surface area contributed by atoms with E-state index in [0.717, 1.165) is 39.2 Å². The number of furan rings is 1. The van der Waals surface area contributed by atoms with E-state index >= 15 is 0 Å². The summed E-state index contributed by atoms with van der Waals surface area (Å²) in [6.45, 7) is 6.16. The number of para-hydroxylation sites is 1. The zero-order valence-corrected chi connectivity index (χ0v) is 25.6. The number of ether oxygens (including phenoxy) is 1. The van der Waals surface area contributed by atoms with Crippen molar-refractivity contribution >= 4 is 34.6 Å². The molecule has 46 heavy (non-hydrogen) atoms. The Morgan fingerprint density at radius 1 is 0.913 bits per heavy atom. The van der Waals surface area contributed by atoms with Gasteiger partial charge in [0.1, 0.15) is 30.5 Å². The highest BCUT2D eigenvalue weighted by Crippen LogP contribution is 2.25. The van der Waals surface area contributed by atoms with Gasteiger partial charge in [-0.1, -0.05) is 24.3 Å². The fourth-order valence-electron chi connectivity index (χ4n) is 5.44. The Bertz CT molecular complexity index is 2050. The standard InChI is InChI=1S/C36H32FN5O4/c1-23-11-12-24(2)42(23)28-13-15-29(16-14-28)45-22-30-17-18-34(46-30)36(44)40-38-20-32-25(3)41(33-10-5-4-9-31(32)33)21-35(43)39-27-8-6-7-26(37)19-27/h4-20H,21-22H2,1-3H3,(H,39,43)(H,40,44)/b38-20+. The molecule has 10 heteroatoms. The van der Waals surface area contributed by atoms with E-state index < -0.39 is 11.7 Å². The van der Waals surface area contributed by atoms with E-state index in [4.69, 9.17) is 9.15 Å². The van der Waals surface area contributed by atoms with Crippen LogP contribution in [-0.4, -0.2) is 27.2 Å². The van der Waals surface area contributed by atoms with Crippen molar-refractivity contribution in [3.8, 4) is 11.4 Å². The van der Waals surface area contributed by atoms with E-state index in [1.165, 1.54) is 18.2 Å². The molecule has 0 spiro atoms. The normalized spacial score (nSPS) is 11.3. The topological polar surface area (TPSA) is 103 Å². The molecule has 0 saturated carbocycles. The van der Waals surface area contributed by atoms with Crippen LogP contribution in [-0.2, 0) is 17.9 Å². The van der Waals surface area contributed by atoms with E-state index in [1.54, 1.807) is 24.4 Å². The number of nitrogens with zero attached hydrogens (tertiary/aromatic N) is 3. The monoisotopic (exact) mass is 617 g/mol.